The lowest BCUT2D eigenvalue weighted by atomic mass is 9.85. The number of aryl methyl sites for hydroxylation is 2. The van der Waals surface area contributed by atoms with Gasteiger partial charge in [0.15, 0.2) is 0 Å². The van der Waals surface area contributed by atoms with Crippen molar-refractivity contribution in [2.75, 3.05) is 7.11 Å². The molecule has 0 bridgehead atoms. The molecule has 0 spiro atoms. The Bertz CT molecular complexity index is 736. The fourth-order valence-electron chi connectivity index (χ4n) is 2.72. The van der Waals surface area contributed by atoms with Crippen LogP contribution < -0.4 is 4.74 Å². The summed E-state index contributed by atoms with van der Waals surface area (Å²) in [5, 5.41) is 0. The minimum atomic E-state index is 0.0253. The maximum absolute atomic E-state index is 5.72. The molecule has 25 heavy (non-hydrogen) atoms. The summed E-state index contributed by atoms with van der Waals surface area (Å²) in [5.74, 6) is 0.946. The van der Waals surface area contributed by atoms with Crippen LogP contribution in [0.5, 0.6) is 5.75 Å². The van der Waals surface area contributed by atoms with E-state index in [1.807, 2.05) is 13.8 Å². The quantitative estimate of drug-likeness (QED) is 0.480. The van der Waals surface area contributed by atoms with Gasteiger partial charge >= 0.3 is 0 Å². The first-order chi connectivity index (χ1) is 11.7. The molecule has 0 aliphatic rings. The predicted octanol–water partition coefficient (Wildman–Crippen LogP) is 7.57. The third-order valence-corrected chi connectivity index (χ3v) is 4.42. The number of hydrogen-bond acceptors (Lipinski definition) is 1. The zero-order valence-corrected chi connectivity index (χ0v) is 18.4. The number of halogens is 1. The van der Waals surface area contributed by atoms with Gasteiger partial charge in [-0.2, -0.15) is 0 Å². The van der Waals surface area contributed by atoms with E-state index in [-0.39, 0.29) is 5.41 Å². The van der Waals surface area contributed by atoms with E-state index in [1.165, 1.54) is 22.3 Å². The summed E-state index contributed by atoms with van der Waals surface area (Å²) in [6.07, 6.45) is 4.29. The van der Waals surface area contributed by atoms with E-state index >= 15 is 0 Å². The summed E-state index contributed by atoms with van der Waals surface area (Å²) in [6, 6.07) is 10.8. The molecule has 2 aromatic carbocycles. The summed E-state index contributed by atoms with van der Waals surface area (Å²) < 4.78 is 6.80. The molecule has 0 atom stereocenters. The Kier molecular flexibility index (Phi) is 7.95. The van der Waals surface area contributed by atoms with Gasteiger partial charge in [0.25, 0.3) is 0 Å². The highest BCUT2D eigenvalue weighted by Crippen LogP contribution is 2.37. The molecule has 0 fully saturated rings. The van der Waals surface area contributed by atoms with Crippen molar-refractivity contribution < 1.29 is 4.74 Å². The zero-order valence-electron chi connectivity index (χ0n) is 16.8. The van der Waals surface area contributed by atoms with Gasteiger partial charge in [0.1, 0.15) is 5.75 Å². The minimum Gasteiger partial charge on any atom is -0.496 e. The van der Waals surface area contributed by atoms with Gasteiger partial charge in [-0.25, -0.2) is 0 Å². The van der Waals surface area contributed by atoms with Crippen LogP contribution in [0.2, 0.25) is 0 Å². The number of hydrogen-bond donors (Lipinski definition) is 0. The second kappa shape index (κ2) is 9.24. The number of rotatable bonds is 3. The van der Waals surface area contributed by atoms with Crippen LogP contribution in [0.15, 0.2) is 34.8 Å². The van der Waals surface area contributed by atoms with Crippen molar-refractivity contribution >= 4 is 28.1 Å². The van der Waals surface area contributed by atoms with Gasteiger partial charge in [-0.05, 0) is 42.5 Å². The van der Waals surface area contributed by atoms with Crippen LogP contribution in [0.25, 0.3) is 12.2 Å². The van der Waals surface area contributed by atoms with Crippen molar-refractivity contribution in [2.45, 2.75) is 53.9 Å². The summed E-state index contributed by atoms with van der Waals surface area (Å²) in [7, 11) is 1.74. The van der Waals surface area contributed by atoms with Crippen LogP contribution in [0.3, 0.4) is 0 Å². The van der Waals surface area contributed by atoms with Gasteiger partial charge in [0.05, 0.1) is 7.11 Å². The van der Waals surface area contributed by atoms with Gasteiger partial charge < -0.3 is 4.74 Å². The van der Waals surface area contributed by atoms with E-state index < -0.39 is 0 Å². The average molecular weight is 403 g/mol. The van der Waals surface area contributed by atoms with Crippen molar-refractivity contribution in [2.24, 2.45) is 0 Å². The molecule has 2 heteroatoms. The number of methoxy groups -OCH3 is 1. The van der Waals surface area contributed by atoms with Crippen molar-refractivity contribution in [3.8, 4) is 5.75 Å². The van der Waals surface area contributed by atoms with Crippen LogP contribution in [0.4, 0.5) is 0 Å². The highest BCUT2D eigenvalue weighted by atomic mass is 79.9. The van der Waals surface area contributed by atoms with Gasteiger partial charge in [0, 0.05) is 15.6 Å². The summed E-state index contributed by atoms with van der Waals surface area (Å²) in [5.41, 5.74) is 6.12. The molecule has 0 N–H and O–H groups in total. The van der Waals surface area contributed by atoms with Crippen LogP contribution in [0, 0.1) is 13.8 Å². The Labute approximate surface area is 162 Å². The summed E-state index contributed by atoms with van der Waals surface area (Å²) in [6.45, 7) is 14.9. The summed E-state index contributed by atoms with van der Waals surface area (Å²) in [4.78, 5) is 0. The van der Waals surface area contributed by atoms with Gasteiger partial charge in [0.2, 0.25) is 0 Å². The van der Waals surface area contributed by atoms with Crippen LogP contribution in [-0.2, 0) is 5.41 Å². The molecule has 0 heterocycles. The predicted molar refractivity (Wildman–Crippen MR) is 116 cm³/mol. The molecule has 0 radical (unpaired) electrons. The highest BCUT2D eigenvalue weighted by molar-refractivity contribution is 9.10. The van der Waals surface area contributed by atoms with Crippen molar-refractivity contribution in [3.05, 3.63) is 62.6 Å². The van der Waals surface area contributed by atoms with E-state index in [9.17, 15) is 0 Å². The van der Waals surface area contributed by atoms with E-state index in [0.717, 1.165) is 15.8 Å². The molecule has 2 aromatic rings. The Morgan fingerprint density at radius 2 is 1.52 bits per heavy atom. The molecule has 0 aliphatic heterocycles. The van der Waals surface area contributed by atoms with Crippen LogP contribution in [0.1, 0.15) is 62.4 Å². The second-order valence-corrected chi connectivity index (χ2v) is 7.93. The first-order valence-corrected chi connectivity index (χ1v) is 9.65. The van der Waals surface area contributed by atoms with Crippen molar-refractivity contribution in [3.63, 3.8) is 0 Å². The molecule has 0 aliphatic carbocycles. The molecular formula is C23H31BrO. The molecule has 1 nitrogen and oxygen atoms in total. The second-order valence-electron chi connectivity index (χ2n) is 7.02. The smallest absolute Gasteiger partial charge is 0.129 e. The first-order valence-electron chi connectivity index (χ1n) is 8.85. The van der Waals surface area contributed by atoms with Crippen molar-refractivity contribution in [1.29, 1.82) is 0 Å². The third kappa shape index (κ3) is 5.74. The SMILES string of the molecule is CC.COc1c(/C=C/c2ccc(C)cc2C)cc(Br)cc1C(C)(C)C. The van der Waals surface area contributed by atoms with Crippen molar-refractivity contribution in [1.82, 2.24) is 0 Å². The number of benzene rings is 2. The maximum atomic E-state index is 5.72. The Hall–Kier alpha value is -1.54. The fraction of sp³-hybridized carbons (Fsp3) is 0.391. The Morgan fingerprint density at radius 1 is 0.920 bits per heavy atom. The van der Waals surface area contributed by atoms with E-state index in [0.29, 0.717) is 0 Å². The molecule has 2 rings (SSSR count). The third-order valence-electron chi connectivity index (χ3n) is 3.96. The maximum Gasteiger partial charge on any atom is 0.129 e. The van der Waals surface area contributed by atoms with Crippen LogP contribution >= 0.6 is 15.9 Å². The van der Waals surface area contributed by atoms with Gasteiger partial charge in [-0.3, -0.25) is 0 Å². The lowest BCUT2D eigenvalue weighted by Crippen LogP contribution is -2.13. The Morgan fingerprint density at radius 3 is 2.04 bits per heavy atom. The topological polar surface area (TPSA) is 9.23 Å². The zero-order chi connectivity index (χ0) is 19.2. The van der Waals surface area contributed by atoms with Crippen LogP contribution in [-0.4, -0.2) is 7.11 Å². The van der Waals surface area contributed by atoms with Gasteiger partial charge in [-0.15, -0.1) is 0 Å². The Balaban J connectivity index is 0.00000151. The minimum absolute atomic E-state index is 0.0253. The lowest BCUT2D eigenvalue weighted by molar-refractivity contribution is 0.396. The highest BCUT2D eigenvalue weighted by Gasteiger charge is 2.21. The molecule has 0 aromatic heterocycles. The average Bonchev–Trinajstić information content (AvgIpc) is 2.54. The van der Waals surface area contributed by atoms with E-state index in [4.69, 9.17) is 4.74 Å². The first kappa shape index (κ1) is 21.5. The molecule has 136 valence electrons. The molecule has 0 saturated heterocycles. The lowest BCUT2D eigenvalue weighted by Gasteiger charge is -2.24. The van der Waals surface area contributed by atoms with E-state index in [1.54, 1.807) is 7.11 Å². The fourth-order valence-corrected chi connectivity index (χ4v) is 3.19. The largest absolute Gasteiger partial charge is 0.496 e. The molecule has 0 unspecified atom stereocenters. The summed E-state index contributed by atoms with van der Waals surface area (Å²) >= 11 is 3.63. The number of ether oxygens (including phenoxy) is 1. The standard InChI is InChI=1S/C21H25BrO.C2H6/c1-14-7-8-16(15(2)11-14)9-10-17-12-18(22)13-19(20(17)23-6)21(3,4)5;1-2/h7-13H,1-6H3;1-2H3/b10-9+;. The molecule has 0 amide bonds. The monoisotopic (exact) mass is 402 g/mol. The molecular weight excluding hydrogens is 372 g/mol. The van der Waals surface area contributed by atoms with E-state index in [2.05, 4.69) is 93.0 Å². The normalized spacial score (nSPS) is 11.2. The molecule has 0 saturated carbocycles. The van der Waals surface area contributed by atoms with Gasteiger partial charge in [-0.1, -0.05) is 86.5 Å².